The number of hydrogen-bond donors (Lipinski definition) is 1. The first-order chi connectivity index (χ1) is 15.0. The molecule has 1 saturated carbocycles. The Hall–Kier alpha value is -2.70. The van der Waals surface area contributed by atoms with Gasteiger partial charge in [0.05, 0.1) is 0 Å². The van der Waals surface area contributed by atoms with Crippen LogP contribution >= 0.6 is 0 Å². The van der Waals surface area contributed by atoms with Gasteiger partial charge in [0, 0.05) is 19.0 Å². The van der Waals surface area contributed by atoms with Gasteiger partial charge in [0.25, 0.3) is 5.78 Å². The zero-order valence-electron chi connectivity index (χ0n) is 17.7. The number of hydrogen-bond acceptors (Lipinski definition) is 4. The van der Waals surface area contributed by atoms with E-state index >= 15 is 0 Å². The lowest BCUT2D eigenvalue weighted by Gasteiger charge is -2.33. The topological polar surface area (TPSA) is 95.0 Å². The van der Waals surface area contributed by atoms with Crippen LogP contribution in [0.3, 0.4) is 0 Å². The van der Waals surface area contributed by atoms with E-state index < -0.39 is 23.8 Å². The van der Waals surface area contributed by atoms with Gasteiger partial charge in [-0.2, -0.15) is 0 Å². The smallest absolute Gasteiger partial charge is 0.374 e. The van der Waals surface area contributed by atoms with E-state index in [1.54, 1.807) is 4.90 Å². The number of nitrogens with zero attached hydrogens (tertiary/aromatic N) is 2. The van der Waals surface area contributed by atoms with E-state index in [-0.39, 0.29) is 17.9 Å². The van der Waals surface area contributed by atoms with Crippen molar-refractivity contribution in [2.45, 2.75) is 75.9 Å². The molecule has 1 aromatic rings. The zero-order chi connectivity index (χ0) is 22.0. The van der Waals surface area contributed by atoms with Crippen LogP contribution in [-0.2, 0) is 25.6 Å². The number of benzene rings is 1. The molecule has 3 aliphatic rings. The van der Waals surface area contributed by atoms with Gasteiger partial charge in [0.1, 0.15) is 12.1 Å². The quantitative estimate of drug-likeness (QED) is 0.676. The Bertz CT molecular complexity index is 855. The van der Waals surface area contributed by atoms with Gasteiger partial charge in [-0.3, -0.25) is 14.4 Å². The second kappa shape index (κ2) is 9.20. The Kier molecular flexibility index (Phi) is 6.39. The number of ketones is 1. The number of fused-ring (bicyclic) bond motifs is 1. The number of amides is 2. The Labute approximate surface area is 182 Å². The number of aryl methyl sites for hydroxylation is 1. The first-order valence-electron chi connectivity index (χ1n) is 11.4. The van der Waals surface area contributed by atoms with E-state index in [0.29, 0.717) is 38.1 Å². The average Bonchev–Trinajstić information content (AvgIpc) is 3.48. The molecule has 1 N–H and O–H groups in total. The summed E-state index contributed by atoms with van der Waals surface area (Å²) in [5.41, 5.74) is 1.19. The van der Waals surface area contributed by atoms with Crippen molar-refractivity contribution >= 4 is 23.6 Å². The fraction of sp³-hybridized carbons (Fsp3) is 0.583. The zero-order valence-corrected chi connectivity index (χ0v) is 17.7. The summed E-state index contributed by atoms with van der Waals surface area (Å²) in [7, 11) is 0. The number of aliphatic carboxylic acids is 1. The molecule has 7 heteroatoms. The highest BCUT2D eigenvalue weighted by atomic mass is 16.4. The van der Waals surface area contributed by atoms with Crippen molar-refractivity contribution in [3.05, 3.63) is 35.9 Å². The van der Waals surface area contributed by atoms with Crippen molar-refractivity contribution in [3.63, 3.8) is 0 Å². The molecule has 2 aliphatic heterocycles. The maximum Gasteiger partial charge on any atom is 0.374 e. The third-order valence-electron chi connectivity index (χ3n) is 7.16. The predicted molar refractivity (Wildman–Crippen MR) is 113 cm³/mol. The molecule has 7 nitrogen and oxygen atoms in total. The molecule has 0 unspecified atom stereocenters. The van der Waals surface area contributed by atoms with E-state index in [0.717, 1.165) is 32.1 Å². The largest absolute Gasteiger partial charge is 0.475 e. The van der Waals surface area contributed by atoms with Gasteiger partial charge in [0.15, 0.2) is 0 Å². The van der Waals surface area contributed by atoms with Crippen molar-refractivity contribution in [1.29, 1.82) is 0 Å². The van der Waals surface area contributed by atoms with Crippen LogP contribution in [0.2, 0.25) is 0 Å². The van der Waals surface area contributed by atoms with Crippen molar-refractivity contribution in [3.8, 4) is 0 Å². The first kappa shape index (κ1) is 21.5. The van der Waals surface area contributed by atoms with Gasteiger partial charge in [-0.05, 0) is 56.4 Å². The standard InChI is InChI=1S/C24H30N2O5/c27-21(13-4-9-16-7-2-1-3-8-16)26-18-11-5-10-17(18)15-20(26)23(29)25-14-6-12-19(25)22(28)24(30)31/h1-3,7-8,17-20H,4-6,9-15H2,(H,30,31)/t17-,18-,19-,20-/m0/s1. The number of rotatable bonds is 7. The molecule has 2 amide bonds. The highest BCUT2D eigenvalue weighted by Gasteiger charge is 2.51. The van der Waals surface area contributed by atoms with Gasteiger partial charge in [0.2, 0.25) is 11.8 Å². The number of likely N-dealkylation sites (tertiary alicyclic amines) is 2. The lowest BCUT2D eigenvalue weighted by Crippen LogP contribution is -2.53. The van der Waals surface area contributed by atoms with E-state index in [9.17, 15) is 19.2 Å². The predicted octanol–water partition coefficient (Wildman–Crippen LogP) is 2.42. The number of carbonyl (C=O) groups is 4. The molecule has 1 aromatic carbocycles. The SMILES string of the molecule is O=C(O)C(=O)[C@@H]1CCCN1C(=O)[C@@H]1C[C@@H]2CCC[C@@H]2N1C(=O)CCCc1ccccc1. The van der Waals surface area contributed by atoms with Gasteiger partial charge in [-0.15, -0.1) is 0 Å². The maximum absolute atomic E-state index is 13.4. The Morgan fingerprint density at radius 3 is 2.48 bits per heavy atom. The van der Waals surface area contributed by atoms with E-state index in [1.165, 1.54) is 10.5 Å². The highest BCUT2D eigenvalue weighted by molar-refractivity contribution is 6.35. The second-order valence-corrected chi connectivity index (χ2v) is 9.01. The lowest BCUT2D eigenvalue weighted by atomic mass is 10.0. The van der Waals surface area contributed by atoms with Gasteiger partial charge in [-0.25, -0.2) is 4.79 Å². The minimum absolute atomic E-state index is 0.00369. The molecule has 0 spiro atoms. The molecule has 0 bridgehead atoms. The van der Waals surface area contributed by atoms with Crippen molar-refractivity contribution in [2.75, 3.05) is 6.54 Å². The molecule has 0 aromatic heterocycles. The molecule has 4 rings (SSSR count). The van der Waals surface area contributed by atoms with Crippen LogP contribution in [0.25, 0.3) is 0 Å². The van der Waals surface area contributed by atoms with Crippen LogP contribution < -0.4 is 0 Å². The monoisotopic (exact) mass is 426 g/mol. The summed E-state index contributed by atoms with van der Waals surface area (Å²) >= 11 is 0. The minimum atomic E-state index is -1.50. The number of carboxylic acids is 1. The maximum atomic E-state index is 13.4. The summed E-state index contributed by atoms with van der Waals surface area (Å²) in [5.74, 6) is -2.35. The summed E-state index contributed by atoms with van der Waals surface area (Å²) < 4.78 is 0. The average molecular weight is 427 g/mol. The van der Waals surface area contributed by atoms with Crippen LogP contribution in [-0.4, -0.2) is 63.1 Å². The molecule has 31 heavy (non-hydrogen) atoms. The number of carbonyl (C=O) groups excluding carboxylic acids is 3. The van der Waals surface area contributed by atoms with Crippen LogP contribution in [0.1, 0.15) is 56.9 Å². The first-order valence-corrected chi connectivity index (χ1v) is 11.4. The molecule has 166 valence electrons. The van der Waals surface area contributed by atoms with E-state index in [4.69, 9.17) is 5.11 Å². The lowest BCUT2D eigenvalue weighted by molar-refractivity contribution is -0.154. The summed E-state index contributed by atoms with van der Waals surface area (Å²) in [6, 6.07) is 8.66. The van der Waals surface area contributed by atoms with Gasteiger partial charge in [-0.1, -0.05) is 36.8 Å². The molecule has 1 aliphatic carbocycles. The number of carboxylic acid groups (broad SMARTS) is 1. The van der Waals surface area contributed by atoms with Crippen LogP contribution in [0.4, 0.5) is 0 Å². The summed E-state index contributed by atoms with van der Waals surface area (Å²) in [6.45, 7) is 0.379. The summed E-state index contributed by atoms with van der Waals surface area (Å²) in [4.78, 5) is 53.1. The third kappa shape index (κ3) is 4.36. The fourth-order valence-electron chi connectivity index (χ4n) is 5.72. The third-order valence-corrected chi connectivity index (χ3v) is 7.16. The van der Waals surface area contributed by atoms with E-state index in [1.807, 2.05) is 30.3 Å². The van der Waals surface area contributed by atoms with Crippen LogP contribution in [0, 0.1) is 5.92 Å². The fourth-order valence-corrected chi connectivity index (χ4v) is 5.72. The summed E-state index contributed by atoms with van der Waals surface area (Å²) in [5, 5.41) is 9.12. The molecule has 2 saturated heterocycles. The number of Topliss-reactive ketones (excluding diaryl/α,β-unsaturated/α-hetero) is 1. The van der Waals surface area contributed by atoms with Crippen molar-refractivity contribution in [2.24, 2.45) is 5.92 Å². The minimum Gasteiger partial charge on any atom is -0.475 e. The molecule has 4 atom stereocenters. The van der Waals surface area contributed by atoms with Crippen molar-refractivity contribution < 1.29 is 24.3 Å². The van der Waals surface area contributed by atoms with E-state index in [2.05, 4.69) is 0 Å². The molecule has 0 radical (unpaired) electrons. The summed E-state index contributed by atoms with van der Waals surface area (Å²) in [6.07, 6.45) is 6.53. The molecular formula is C24H30N2O5. The highest BCUT2D eigenvalue weighted by Crippen LogP contribution is 2.42. The Morgan fingerprint density at radius 1 is 0.968 bits per heavy atom. The Morgan fingerprint density at radius 2 is 1.74 bits per heavy atom. The molecular weight excluding hydrogens is 396 g/mol. The van der Waals surface area contributed by atoms with Gasteiger partial charge < -0.3 is 14.9 Å². The van der Waals surface area contributed by atoms with Crippen LogP contribution in [0.15, 0.2) is 30.3 Å². The second-order valence-electron chi connectivity index (χ2n) is 9.01. The molecule has 2 heterocycles. The van der Waals surface area contributed by atoms with Crippen molar-refractivity contribution in [1.82, 2.24) is 9.80 Å². The van der Waals surface area contributed by atoms with Gasteiger partial charge >= 0.3 is 5.97 Å². The normalized spacial score (nSPS) is 27.4. The van der Waals surface area contributed by atoms with Crippen LogP contribution in [0.5, 0.6) is 0 Å². The Balaban J connectivity index is 1.45. The molecule has 3 fully saturated rings.